The van der Waals surface area contributed by atoms with Gasteiger partial charge in [-0.25, -0.2) is 4.79 Å². The first-order chi connectivity index (χ1) is 14.6. The Labute approximate surface area is 175 Å². The highest BCUT2D eigenvalue weighted by Crippen LogP contribution is 2.47. The molecule has 0 aromatic heterocycles. The minimum absolute atomic E-state index is 0.0695. The first-order valence-electron chi connectivity index (χ1n) is 10.6. The van der Waals surface area contributed by atoms with Crippen molar-refractivity contribution in [1.29, 1.82) is 0 Å². The molecule has 156 valence electrons. The van der Waals surface area contributed by atoms with Crippen molar-refractivity contribution >= 4 is 23.3 Å². The van der Waals surface area contributed by atoms with Gasteiger partial charge in [0.25, 0.3) is 5.79 Å². The molecule has 3 amide bonds. The SMILES string of the molecule is O=C(NCc1cccc(NC(=O)C2CC2)c1)Nc1ccc2c(c1)OC1(CCCC1)O2. The molecule has 1 aliphatic heterocycles. The first kappa shape index (κ1) is 18.8. The third kappa shape index (κ3) is 4.06. The minimum Gasteiger partial charge on any atom is -0.448 e. The number of carbonyl (C=O) groups excluding carboxylic acids is 2. The number of rotatable bonds is 5. The molecule has 0 saturated heterocycles. The van der Waals surface area contributed by atoms with E-state index in [1.165, 1.54) is 0 Å². The largest absolute Gasteiger partial charge is 0.448 e. The number of ether oxygens (including phenoxy) is 2. The summed E-state index contributed by atoms with van der Waals surface area (Å²) in [5.74, 6) is 1.12. The second-order valence-electron chi connectivity index (χ2n) is 8.26. The van der Waals surface area contributed by atoms with Gasteiger partial charge in [-0.15, -0.1) is 0 Å². The predicted molar refractivity (Wildman–Crippen MR) is 113 cm³/mol. The van der Waals surface area contributed by atoms with Gasteiger partial charge in [-0.05, 0) is 55.5 Å². The number of anilines is 2. The van der Waals surface area contributed by atoms with Crippen molar-refractivity contribution in [3.8, 4) is 11.5 Å². The average Bonchev–Trinajstić information content (AvgIpc) is 3.40. The Morgan fingerprint density at radius 1 is 0.933 bits per heavy atom. The third-order valence-electron chi connectivity index (χ3n) is 5.75. The smallest absolute Gasteiger partial charge is 0.319 e. The van der Waals surface area contributed by atoms with Crippen LogP contribution in [0.5, 0.6) is 11.5 Å². The van der Waals surface area contributed by atoms with E-state index >= 15 is 0 Å². The summed E-state index contributed by atoms with van der Waals surface area (Å²) in [4.78, 5) is 24.2. The lowest BCUT2D eigenvalue weighted by atomic mass is 10.2. The summed E-state index contributed by atoms with van der Waals surface area (Å²) in [6, 6.07) is 12.7. The van der Waals surface area contributed by atoms with Gasteiger partial charge in [0.1, 0.15) is 0 Å². The van der Waals surface area contributed by atoms with E-state index in [9.17, 15) is 9.59 Å². The zero-order chi connectivity index (χ0) is 20.6. The Morgan fingerprint density at radius 2 is 1.70 bits per heavy atom. The standard InChI is InChI=1S/C23H25N3O4/c27-21(16-6-7-16)25-17-5-3-4-15(12-17)14-24-22(28)26-18-8-9-19-20(13-18)30-23(29-19)10-1-2-11-23/h3-5,8-9,12-13,16H,1-2,6-7,10-11,14H2,(H,25,27)(H2,24,26,28). The van der Waals surface area contributed by atoms with E-state index in [4.69, 9.17) is 9.47 Å². The third-order valence-corrected chi connectivity index (χ3v) is 5.75. The zero-order valence-electron chi connectivity index (χ0n) is 16.7. The van der Waals surface area contributed by atoms with Crippen LogP contribution in [0.25, 0.3) is 0 Å². The Morgan fingerprint density at radius 3 is 2.50 bits per heavy atom. The fraction of sp³-hybridized carbons (Fsp3) is 0.391. The van der Waals surface area contributed by atoms with Crippen molar-refractivity contribution in [2.75, 3.05) is 10.6 Å². The predicted octanol–water partition coefficient (Wildman–Crippen LogP) is 4.40. The van der Waals surface area contributed by atoms with E-state index in [1.54, 1.807) is 6.07 Å². The molecule has 2 aliphatic carbocycles. The number of nitrogens with one attached hydrogen (secondary N) is 3. The number of urea groups is 1. The lowest BCUT2D eigenvalue weighted by molar-refractivity contribution is -0.117. The molecule has 7 nitrogen and oxygen atoms in total. The van der Waals surface area contributed by atoms with Crippen LogP contribution in [-0.2, 0) is 11.3 Å². The number of hydrogen-bond acceptors (Lipinski definition) is 4. The van der Waals surface area contributed by atoms with Crippen molar-refractivity contribution in [2.45, 2.75) is 50.9 Å². The van der Waals surface area contributed by atoms with E-state index < -0.39 is 5.79 Å². The number of amides is 3. The molecule has 5 rings (SSSR count). The molecule has 2 saturated carbocycles. The van der Waals surface area contributed by atoms with Crippen molar-refractivity contribution in [3.63, 3.8) is 0 Å². The normalized spacial score (nSPS) is 18.3. The van der Waals surface area contributed by atoms with Gasteiger partial charge in [-0.2, -0.15) is 0 Å². The lowest BCUT2D eigenvalue weighted by Gasteiger charge is -2.21. The molecular formula is C23H25N3O4. The summed E-state index contributed by atoms with van der Waals surface area (Å²) in [6.45, 7) is 0.354. The lowest BCUT2D eigenvalue weighted by Crippen LogP contribution is -2.34. The Kier molecular flexibility index (Phi) is 4.73. The maximum absolute atomic E-state index is 12.3. The van der Waals surface area contributed by atoms with E-state index in [0.29, 0.717) is 18.0 Å². The van der Waals surface area contributed by atoms with E-state index in [2.05, 4.69) is 16.0 Å². The Balaban J connectivity index is 1.15. The van der Waals surface area contributed by atoms with Gasteiger partial charge in [-0.3, -0.25) is 4.79 Å². The zero-order valence-corrected chi connectivity index (χ0v) is 16.7. The molecule has 2 aromatic rings. The van der Waals surface area contributed by atoms with Crippen LogP contribution in [0.2, 0.25) is 0 Å². The summed E-state index contributed by atoms with van der Waals surface area (Å²) in [7, 11) is 0. The minimum atomic E-state index is -0.511. The summed E-state index contributed by atoms with van der Waals surface area (Å²) < 4.78 is 12.0. The highest BCUT2D eigenvalue weighted by Gasteiger charge is 2.44. The molecule has 0 bridgehead atoms. The van der Waals surface area contributed by atoms with Crippen LogP contribution in [0.15, 0.2) is 42.5 Å². The van der Waals surface area contributed by atoms with E-state index in [-0.39, 0.29) is 17.9 Å². The Bertz CT molecular complexity index is 980. The van der Waals surface area contributed by atoms with Gasteiger partial charge in [0.05, 0.1) is 0 Å². The van der Waals surface area contributed by atoms with E-state index in [1.807, 2.05) is 36.4 Å². The Hall–Kier alpha value is -3.22. The summed E-state index contributed by atoms with van der Waals surface area (Å²) >= 11 is 0. The summed E-state index contributed by atoms with van der Waals surface area (Å²) in [5.41, 5.74) is 2.31. The van der Waals surface area contributed by atoms with Gasteiger partial charge in [0.2, 0.25) is 5.91 Å². The van der Waals surface area contributed by atoms with Crippen molar-refractivity contribution in [2.24, 2.45) is 5.92 Å². The quantitative estimate of drug-likeness (QED) is 0.685. The topological polar surface area (TPSA) is 88.7 Å². The highest BCUT2D eigenvalue weighted by atomic mass is 16.7. The number of carbonyl (C=O) groups is 2. The second-order valence-corrected chi connectivity index (χ2v) is 8.26. The van der Waals surface area contributed by atoms with Crippen LogP contribution in [0.4, 0.5) is 16.2 Å². The molecule has 2 aromatic carbocycles. The van der Waals surface area contributed by atoms with Crippen LogP contribution in [-0.4, -0.2) is 17.7 Å². The molecule has 0 atom stereocenters. The highest BCUT2D eigenvalue weighted by molar-refractivity contribution is 5.94. The number of hydrogen-bond donors (Lipinski definition) is 3. The summed E-state index contributed by atoms with van der Waals surface area (Å²) in [6.07, 6.45) is 5.93. The maximum atomic E-state index is 12.3. The van der Waals surface area contributed by atoms with Gasteiger partial charge < -0.3 is 25.4 Å². The van der Waals surface area contributed by atoms with Gasteiger partial charge in [0.15, 0.2) is 11.5 Å². The van der Waals surface area contributed by atoms with E-state index in [0.717, 1.165) is 55.5 Å². The molecule has 7 heteroatoms. The van der Waals surface area contributed by atoms with Gasteiger partial charge in [0, 0.05) is 42.7 Å². The van der Waals surface area contributed by atoms with Crippen molar-refractivity contribution in [1.82, 2.24) is 5.32 Å². The van der Waals surface area contributed by atoms with Crippen LogP contribution >= 0.6 is 0 Å². The van der Waals surface area contributed by atoms with Gasteiger partial charge >= 0.3 is 6.03 Å². The van der Waals surface area contributed by atoms with Crippen LogP contribution in [0.1, 0.15) is 44.1 Å². The summed E-state index contributed by atoms with van der Waals surface area (Å²) in [5, 5.41) is 8.60. The fourth-order valence-corrected chi connectivity index (χ4v) is 4.00. The van der Waals surface area contributed by atoms with Crippen molar-refractivity contribution in [3.05, 3.63) is 48.0 Å². The molecular weight excluding hydrogens is 382 g/mol. The monoisotopic (exact) mass is 407 g/mol. The first-order valence-corrected chi connectivity index (χ1v) is 10.6. The van der Waals surface area contributed by atoms with Crippen LogP contribution in [0.3, 0.4) is 0 Å². The molecule has 1 heterocycles. The molecule has 0 radical (unpaired) electrons. The second kappa shape index (κ2) is 7.55. The molecule has 2 fully saturated rings. The van der Waals surface area contributed by atoms with Crippen LogP contribution < -0.4 is 25.4 Å². The van der Waals surface area contributed by atoms with Gasteiger partial charge in [-0.1, -0.05) is 12.1 Å². The van der Waals surface area contributed by atoms with Crippen LogP contribution in [0, 0.1) is 5.92 Å². The molecule has 3 aliphatic rings. The molecule has 0 unspecified atom stereocenters. The molecule has 3 N–H and O–H groups in total. The number of fused-ring (bicyclic) bond motifs is 1. The molecule has 1 spiro atoms. The average molecular weight is 407 g/mol. The van der Waals surface area contributed by atoms with Crippen molar-refractivity contribution < 1.29 is 19.1 Å². The molecule has 30 heavy (non-hydrogen) atoms. The maximum Gasteiger partial charge on any atom is 0.319 e. The fourth-order valence-electron chi connectivity index (χ4n) is 4.00. The number of benzene rings is 2.